The third-order valence-corrected chi connectivity index (χ3v) is 7.26. The highest BCUT2D eigenvalue weighted by Crippen LogP contribution is 2.46. The molecule has 0 bridgehead atoms. The number of nitriles is 1. The highest BCUT2D eigenvalue weighted by atomic mass is 32.2. The molecule has 1 aliphatic carbocycles. The van der Waals surface area contributed by atoms with Gasteiger partial charge in [0.2, 0.25) is 12.7 Å². The molecular weight excluding hydrogens is 507 g/mol. The number of nitrogens with zero attached hydrogens (tertiary/aromatic N) is 1. The van der Waals surface area contributed by atoms with Gasteiger partial charge in [-0.25, -0.2) is 0 Å². The van der Waals surface area contributed by atoms with E-state index in [0.29, 0.717) is 52.6 Å². The number of thioether (sulfide) groups is 1. The van der Waals surface area contributed by atoms with Crippen molar-refractivity contribution in [2.45, 2.75) is 31.4 Å². The van der Waals surface area contributed by atoms with Crippen molar-refractivity contribution in [2.75, 3.05) is 17.9 Å². The van der Waals surface area contributed by atoms with Crippen LogP contribution in [0.1, 0.15) is 36.3 Å². The maximum Gasteiger partial charge on any atom is 0.418 e. The second-order valence-corrected chi connectivity index (χ2v) is 9.56. The van der Waals surface area contributed by atoms with Crippen molar-refractivity contribution in [1.82, 2.24) is 5.32 Å². The number of ketones is 1. The average molecular weight is 528 g/mol. The molecule has 2 aromatic rings. The van der Waals surface area contributed by atoms with E-state index >= 15 is 0 Å². The molecule has 5 rings (SSSR count). The molecule has 0 radical (unpaired) electrons. The zero-order valence-corrected chi connectivity index (χ0v) is 20.1. The van der Waals surface area contributed by atoms with Crippen LogP contribution in [0.5, 0.6) is 11.5 Å². The number of benzene rings is 2. The topological polar surface area (TPSA) is 100 Å². The zero-order valence-electron chi connectivity index (χ0n) is 19.3. The van der Waals surface area contributed by atoms with E-state index in [1.165, 1.54) is 18.2 Å². The van der Waals surface area contributed by atoms with Crippen LogP contribution in [0.4, 0.5) is 18.9 Å². The Bertz CT molecular complexity index is 1390. The molecule has 1 amide bonds. The van der Waals surface area contributed by atoms with E-state index in [1.807, 2.05) is 0 Å². The number of hydrogen-bond acceptors (Lipinski definition) is 7. The van der Waals surface area contributed by atoms with Crippen LogP contribution in [0.25, 0.3) is 0 Å². The van der Waals surface area contributed by atoms with Crippen molar-refractivity contribution in [3.8, 4) is 17.6 Å². The van der Waals surface area contributed by atoms with Crippen LogP contribution in [0.15, 0.2) is 64.3 Å². The number of anilines is 1. The number of amides is 1. The smallest absolute Gasteiger partial charge is 0.418 e. The normalized spacial score (nSPS) is 18.8. The zero-order chi connectivity index (χ0) is 26.2. The summed E-state index contributed by atoms with van der Waals surface area (Å²) in [6.45, 7) is 0.0759. The minimum absolute atomic E-state index is 0.0604. The number of halogens is 3. The lowest BCUT2D eigenvalue weighted by Gasteiger charge is -2.33. The van der Waals surface area contributed by atoms with Gasteiger partial charge >= 0.3 is 6.18 Å². The standard InChI is InChI=1S/C26H20F3N3O4S/c27-26(28,29)16-4-1-2-5-17(16)31-22(34)12-37-25-15(11-30)23(24-18(32-25)6-3-7-19(24)33)14-8-9-20-21(10-14)36-13-35-20/h1-2,4-5,8-10,23,32H,3,6-7,12-13H2,(H,31,34)/t23-/m1/s1. The summed E-state index contributed by atoms with van der Waals surface area (Å²) in [6, 6.07) is 12.2. The first-order valence-electron chi connectivity index (χ1n) is 11.4. The molecule has 3 aliphatic rings. The summed E-state index contributed by atoms with van der Waals surface area (Å²) in [5.74, 6) is -0.558. The number of para-hydroxylation sites is 1. The van der Waals surface area contributed by atoms with Crippen LogP contribution in [-0.2, 0) is 15.8 Å². The second-order valence-electron chi connectivity index (χ2n) is 8.57. The third-order valence-electron chi connectivity index (χ3n) is 6.25. The van der Waals surface area contributed by atoms with Gasteiger partial charge in [0.15, 0.2) is 17.3 Å². The predicted molar refractivity (Wildman–Crippen MR) is 129 cm³/mol. The number of carbonyl (C=O) groups is 2. The molecule has 0 aromatic heterocycles. The number of hydrogen-bond donors (Lipinski definition) is 2. The maximum atomic E-state index is 13.3. The second kappa shape index (κ2) is 9.86. The number of Topliss-reactive ketones (excluding diaryl/α,β-unsaturated/α-hetero) is 1. The van der Waals surface area contributed by atoms with E-state index in [1.54, 1.807) is 18.2 Å². The lowest BCUT2D eigenvalue weighted by Crippen LogP contribution is -2.31. The Hall–Kier alpha value is -3.91. The van der Waals surface area contributed by atoms with Crippen molar-refractivity contribution in [3.63, 3.8) is 0 Å². The minimum atomic E-state index is -4.62. The molecule has 2 N–H and O–H groups in total. The van der Waals surface area contributed by atoms with Crippen molar-refractivity contribution >= 4 is 29.1 Å². The Balaban J connectivity index is 1.43. The summed E-state index contributed by atoms with van der Waals surface area (Å²) in [7, 11) is 0. The Morgan fingerprint density at radius 1 is 1.16 bits per heavy atom. The Morgan fingerprint density at radius 3 is 2.73 bits per heavy atom. The van der Waals surface area contributed by atoms with Gasteiger partial charge in [-0.2, -0.15) is 18.4 Å². The summed E-state index contributed by atoms with van der Waals surface area (Å²) < 4.78 is 50.7. The van der Waals surface area contributed by atoms with Gasteiger partial charge in [0.1, 0.15) is 0 Å². The fourth-order valence-electron chi connectivity index (χ4n) is 4.63. The van der Waals surface area contributed by atoms with Crippen LogP contribution < -0.4 is 20.1 Å². The lowest BCUT2D eigenvalue weighted by atomic mass is 9.77. The summed E-state index contributed by atoms with van der Waals surface area (Å²) >= 11 is 1.00. The molecule has 2 aromatic carbocycles. The quantitative estimate of drug-likeness (QED) is 0.549. The SMILES string of the molecule is N#CC1=C(SCC(=O)Nc2ccccc2C(F)(F)F)NC2=C(C(=O)CCC2)[C@@H]1c1ccc2c(c1)OCO2. The van der Waals surface area contributed by atoms with Crippen molar-refractivity contribution in [2.24, 2.45) is 0 Å². The molecule has 0 saturated carbocycles. The molecule has 0 unspecified atom stereocenters. The van der Waals surface area contributed by atoms with Gasteiger partial charge in [0.05, 0.1) is 39.6 Å². The monoisotopic (exact) mass is 527 g/mol. The Kier molecular flexibility index (Phi) is 6.60. The molecule has 0 saturated heterocycles. The molecule has 7 nitrogen and oxygen atoms in total. The van der Waals surface area contributed by atoms with Crippen LogP contribution in [0.2, 0.25) is 0 Å². The van der Waals surface area contributed by atoms with E-state index in [0.717, 1.165) is 17.8 Å². The molecule has 0 fully saturated rings. The molecule has 2 heterocycles. The van der Waals surface area contributed by atoms with Gasteiger partial charge in [-0.3, -0.25) is 9.59 Å². The number of nitrogens with one attached hydrogen (secondary N) is 2. The maximum absolute atomic E-state index is 13.3. The highest BCUT2D eigenvalue weighted by molar-refractivity contribution is 8.03. The highest BCUT2D eigenvalue weighted by Gasteiger charge is 2.38. The number of allylic oxidation sites excluding steroid dienone is 3. The van der Waals surface area contributed by atoms with Crippen molar-refractivity contribution in [1.29, 1.82) is 5.26 Å². The summed E-state index contributed by atoms with van der Waals surface area (Å²) in [4.78, 5) is 25.6. The van der Waals surface area contributed by atoms with E-state index in [2.05, 4.69) is 16.7 Å². The largest absolute Gasteiger partial charge is 0.454 e. The summed E-state index contributed by atoms with van der Waals surface area (Å²) in [5.41, 5.74) is 0.832. The molecule has 0 spiro atoms. The fraction of sp³-hybridized carbons (Fsp3) is 0.269. The molecule has 2 aliphatic heterocycles. The number of alkyl halides is 3. The average Bonchev–Trinajstić information content (AvgIpc) is 3.34. The minimum Gasteiger partial charge on any atom is -0.454 e. The predicted octanol–water partition coefficient (Wildman–Crippen LogP) is 5.24. The van der Waals surface area contributed by atoms with Crippen molar-refractivity contribution < 1.29 is 32.2 Å². The van der Waals surface area contributed by atoms with E-state index < -0.39 is 23.6 Å². The lowest BCUT2D eigenvalue weighted by molar-refractivity contribution is -0.137. The van der Waals surface area contributed by atoms with Gasteiger partial charge in [0, 0.05) is 17.7 Å². The van der Waals surface area contributed by atoms with Crippen LogP contribution >= 0.6 is 11.8 Å². The van der Waals surface area contributed by atoms with Gasteiger partial charge in [0.25, 0.3) is 0 Å². The van der Waals surface area contributed by atoms with E-state index in [-0.39, 0.29) is 29.6 Å². The number of rotatable bonds is 5. The van der Waals surface area contributed by atoms with E-state index in [4.69, 9.17) is 9.47 Å². The summed E-state index contributed by atoms with van der Waals surface area (Å²) in [6.07, 6.45) is -3.01. The van der Waals surface area contributed by atoms with Gasteiger partial charge in [-0.05, 0) is 42.7 Å². The first-order valence-corrected chi connectivity index (χ1v) is 12.4. The van der Waals surface area contributed by atoms with Gasteiger partial charge < -0.3 is 20.1 Å². The molecule has 190 valence electrons. The first kappa shape index (κ1) is 24.8. The van der Waals surface area contributed by atoms with Crippen molar-refractivity contribution in [3.05, 3.63) is 75.5 Å². The van der Waals surface area contributed by atoms with Crippen LogP contribution in [0, 0.1) is 11.3 Å². The van der Waals surface area contributed by atoms with Gasteiger partial charge in [-0.15, -0.1) is 0 Å². The fourth-order valence-corrected chi connectivity index (χ4v) is 5.49. The molecule has 1 atom stereocenters. The van der Waals surface area contributed by atoms with Gasteiger partial charge in [-0.1, -0.05) is 30.0 Å². The summed E-state index contributed by atoms with van der Waals surface area (Å²) in [5, 5.41) is 16.0. The Morgan fingerprint density at radius 2 is 1.95 bits per heavy atom. The number of fused-ring (bicyclic) bond motifs is 1. The first-order chi connectivity index (χ1) is 17.8. The molecule has 11 heteroatoms. The number of ether oxygens (including phenoxy) is 2. The molecule has 37 heavy (non-hydrogen) atoms. The number of carbonyl (C=O) groups excluding carboxylic acids is 2. The Labute approximate surface area is 214 Å². The van der Waals surface area contributed by atoms with E-state index in [9.17, 15) is 28.0 Å². The molecular formula is C26H20F3N3O4S. The number of dihydropyridines is 1. The van der Waals surface area contributed by atoms with Crippen LogP contribution in [0.3, 0.4) is 0 Å². The van der Waals surface area contributed by atoms with Crippen LogP contribution in [-0.4, -0.2) is 24.2 Å². The third kappa shape index (κ3) is 4.89.